The van der Waals surface area contributed by atoms with Gasteiger partial charge in [-0.25, -0.2) is 0 Å². The van der Waals surface area contributed by atoms with Gasteiger partial charge < -0.3 is 23.9 Å². The van der Waals surface area contributed by atoms with Gasteiger partial charge in [0.2, 0.25) is 0 Å². The fourth-order valence-electron chi connectivity index (χ4n) is 3.94. The van der Waals surface area contributed by atoms with Gasteiger partial charge in [-0.2, -0.15) is 0 Å². The third kappa shape index (κ3) is 6.21. The van der Waals surface area contributed by atoms with Gasteiger partial charge >= 0.3 is 0 Å². The zero-order valence-electron chi connectivity index (χ0n) is 19.6. The van der Waals surface area contributed by atoms with Crippen molar-refractivity contribution in [3.8, 4) is 0 Å². The van der Waals surface area contributed by atoms with Crippen LogP contribution < -0.4 is 0 Å². The second-order valence-electron chi connectivity index (χ2n) is 8.24. The van der Waals surface area contributed by atoms with Crippen LogP contribution in [0.2, 0.25) is 0 Å². The summed E-state index contributed by atoms with van der Waals surface area (Å²) in [5.74, 6) is 0.456. The summed E-state index contributed by atoms with van der Waals surface area (Å²) in [6.07, 6.45) is 1.80. The lowest BCUT2D eigenvalue weighted by Gasteiger charge is -2.31. The summed E-state index contributed by atoms with van der Waals surface area (Å²) in [5.41, 5.74) is 4.31. The van der Waals surface area contributed by atoms with E-state index in [0.29, 0.717) is 50.7 Å². The number of hydrogen-bond acceptors (Lipinski definition) is 8. The van der Waals surface area contributed by atoms with Crippen LogP contribution in [0, 0.1) is 6.92 Å². The molecule has 180 valence electrons. The lowest BCUT2D eigenvalue weighted by atomic mass is 9.99. The Kier molecular flexibility index (Phi) is 8.27. The van der Waals surface area contributed by atoms with E-state index in [9.17, 15) is 4.79 Å². The third-order valence-corrected chi connectivity index (χ3v) is 5.83. The van der Waals surface area contributed by atoms with Crippen LogP contribution in [0.25, 0.3) is 0 Å². The Hall–Kier alpha value is -3.23. The lowest BCUT2D eigenvalue weighted by molar-refractivity contribution is -0.218. The van der Waals surface area contributed by atoms with Crippen molar-refractivity contribution in [1.82, 2.24) is 0 Å². The van der Waals surface area contributed by atoms with Gasteiger partial charge in [0.1, 0.15) is 19.4 Å². The van der Waals surface area contributed by atoms with Crippen LogP contribution in [0.3, 0.4) is 0 Å². The van der Waals surface area contributed by atoms with Crippen molar-refractivity contribution < 1.29 is 28.7 Å². The lowest BCUT2D eigenvalue weighted by Crippen LogP contribution is -2.28. The van der Waals surface area contributed by atoms with Crippen molar-refractivity contribution in [2.75, 3.05) is 26.9 Å². The van der Waals surface area contributed by atoms with Crippen LogP contribution in [0.15, 0.2) is 58.8 Å². The van der Waals surface area contributed by atoms with Crippen LogP contribution in [-0.4, -0.2) is 50.4 Å². The van der Waals surface area contributed by atoms with Crippen molar-refractivity contribution in [3.05, 3.63) is 70.8 Å². The SMILES string of the molecule is CON=C(Cc1cc(C2OCCC(CCC(=O)c3ccccc3)O2)ccc1C)C1=NOCCO1. The molecule has 2 atom stereocenters. The molecule has 0 aromatic heterocycles. The predicted molar refractivity (Wildman–Crippen MR) is 127 cm³/mol. The number of aryl methyl sites for hydroxylation is 1. The van der Waals surface area contributed by atoms with E-state index in [2.05, 4.69) is 10.3 Å². The fourth-order valence-corrected chi connectivity index (χ4v) is 3.94. The normalized spacial score (nSPS) is 20.6. The maximum atomic E-state index is 12.5. The molecule has 0 saturated carbocycles. The molecule has 0 amide bonds. The molecule has 2 aliphatic heterocycles. The van der Waals surface area contributed by atoms with Crippen LogP contribution in [0.4, 0.5) is 0 Å². The van der Waals surface area contributed by atoms with E-state index in [0.717, 1.165) is 28.7 Å². The average molecular weight is 467 g/mol. The van der Waals surface area contributed by atoms with Crippen molar-refractivity contribution in [1.29, 1.82) is 0 Å². The van der Waals surface area contributed by atoms with Gasteiger partial charge in [-0.3, -0.25) is 4.79 Å². The van der Waals surface area contributed by atoms with Gasteiger partial charge in [0.15, 0.2) is 18.7 Å². The molecule has 8 heteroatoms. The van der Waals surface area contributed by atoms with E-state index in [4.69, 9.17) is 23.9 Å². The molecule has 1 fully saturated rings. The zero-order chi connectivity index (χ0) is 23.8. The molecule has 34 heavy (non-hydrogen) atoms. The van der Waals surface area contributed by atoms with Gasteiger partial charge in [0.25, 0.3) is 5.90 Å². The highest BCUT2D eigenvalue weighted by molar-refractivity contribution is 6.39. The smallest absolute Gasteiger partial charge is 0.276 e. The topological polar surface area (TPSA) is 87.9 Å². The molecule has 0 spiro atoms. The zero-order valence-corrected chi connectivity index (χ0v) is 19.6. The van der Waals surface area contributed by atoms with Gasteiger partial charge in [0, 0.05) is 24.0 Å². The number of carbonyl (C=O) groups is 1. The molecule has 0 N–H and O–H groups in total. The minimum Gasteiger partial charge on any atom is -0.470 e. The van der Waals surface area contributed by atoms with Gasteiger partial charge in [0.05, 0.1) is 12.7 Å². The van der Waals surface area contributed by atoms with E-state index in [1.165, 1.54) is 7.11 Å². The van der Waals surface area contributed by atoms with Crippen LogP contribution in [-0.2, 0) is 30.3 Å². The number of Topliss-reactive ketones (excluding diaryl/α,β-unsaturated/α-hetero) is 1. The molecule has 0 aliphatic carbocycles. The van der Waals surface area contributed by atoms with Crippen molar-refractivity contribution >= 4 is 17.4 Å². The fraction of sp³-hybridized carbons (Fsp3) is 0.423. The molecule has 2 aliphatic rings. The summed E-state index contributed by atoms with van der Waals surface area (Å²) in [7, 11) is 1.49. The van der Waals surface area contributed by atoms with Gasteiger partial charge in [-0.15, -0.1) is 0 Å². The molecular weight excluding hydrogens is 436 g/mol. The molecular formula is C26H30N2O6. The number of benzene rings is 2. The second-order valence-corrected chi connectivity index (χ2v) is 8.24. The van der Waals surface area contributed by atoms with Crippen molar-refractivity contribution in [2.45, 2.75) is 45.0 Å². The van der Waals surface area contributed by atoms with E-state index in [1.807, 2.05) is 55.5 Å². The first-order valence-corrected chi connectivity index (χ1v) is 11.5. The number of ether oxygens (including phenoxy) is 3. The van der Waals surface area contributed by atoms with E-state index in [-0.39, 0.29) is 11.9 Å². The summed E-state index contributed by atoms with van der Waals surface area (Å²) < 4.78 is 17.7. The van der Waals surface area contributed by atoms with Crippen LogP contribution >= 0.6 is 0 Å². The number of carbonyl (C=O) groups excluding carboxylic acids is 1. The quantitative estimate of drug-likeness (QED) is 0.310. The number of ketones is 1. The number of oxime groups is 2. The highest BCUT2D eigenvalue weighted by Crippen LogP contribution is 2.30. The van der Waals surface area contributed by atoms with Crippen LogP contribution in [0.1, 0.15) is 52.6 Å². The minimum absolute atomic E-state index is 0.0380. The Morgan fingerprint density at radius 1 is 1.15 bits per heavy atom. The summed E-state index contributed by atoms with van der Waals surface area (Å²) in [5, 5.41) is 8.05. The molecule has 2 aromatic rings. The molecule has 1 saturated heterocycles. The Morgan fingerprint density at radius 2 is 2.00 bits per heavy atom. The summed E-state index contributed by atoms with van der Waals surface area (Å²) >= 11 is 0. The van der Waals surface area contributed by atoms with E-state index < -0.39 is 6.29 Å². The van der Waals surface area contributed by atoms with E-state index >= 15 is 0 Å². The maximum absolute atomic E-state index is 12.5. The average Bonchev–Trinajstić information content (AvgIpc) is 2.89. The predicted octanol–water partition coefficient (Wildman–Crippen LogP) is 4.37. The van der Waals surface area contributed by atoms with E-state index in [1.54, 1.807) is 0 Å². The largest absolute Gasteiger partial charge is 0.470 e. The monoisotopic (exact) mass is 466 g/mol. The number of rotatable bonds is 9. The third-order valence-electron chi connectivity index (χ3n) is 5.83. The number of hydrogen-bond donors (Lipinski definition) is 0. The summed E-state index contributed by atoms with van der Waals surface area (Å²) in [6.45, 7) is 3.44. The first-order valence-electron chi connectivity index (χ1n) is 11.5. The maximum Gasteiger partial charge on any atom is 0.276 e. The molecule has 2 unspecified atom stereocenters. The Morgan fingerprint density at radius 3 is 2.76 bits per heavy atom. The minimum atomic E-state index is -0.487. The Bertz CT molecular complexity index is 1040. The summed E-state index contributed by atoms with van der Waals surface area (Å²) in [6, 6.07) is 15.5. The summed E-state index contributed by atoms with van der Waals surface area (Å²) in [4.78, 5) is 22.6. The highest BCUT2D eigenvalue weighted by atomic mass is 16.7. The number of nitrogens with zero attached hydrogens (tertiary/aromatic N) is 2. The first kappa shape index (κ1) is 23.9. The molecule has 8 nitrogen and oxygen atoms in total. The molecule has 0 bridgehead atoms. The van der Waals surface area contributed by atoms with Crippen molar-refractivity contribution in [3.63, 3.8) is 0 Å². The first-order chi connectivity index (χ1) is 16.6. The van der Waals surface area contributed by atoms with Gasteiger partial charge in [-0.1, -0.05) is 53.7 Å². The molecule has 2 aromatic carbocycles. The van der Waals surface area contributed by atoms with Crippen LogP contribution in [0.5, 0.6) is 0 Å². The Labute approximate surface area is 199 Å². The molecule has 4 rings (SSSR count). The molecule has 2 heterocycles. The highest BCUT2D eigenvalue weighted by Gasteiger charge is 2.26. The Balaban J connectivity index is 1.41. The van der Waals surface area contributed by atoms with Crippen molar-refractivity contribution in [2.24, 2.45) is 10.3 Å². The second kappa shape index (κ2) is 11.8. The standard InChI is InChI=1S/C26H30N2O6/c1-18-8-9-20(16-21(18)17-23(27-30-2)25-28-33-15-14-31-25)26-32-13-12-22(34-26)10-11-24(29)19-6-4-3-5-7-19/h3-9,16,22,26H,10-15,17H2,1-2H3. The molecule has 0 radical (unpaired) electrons. The van der Waals surface area contributed by atoms with Gasteiger partial charge in [-0.05, 0) is 36.0 Å².